The monoisotopic (exact) mass is 249 g/mol. The van der Waals surface area contributed by atoms with Crippen LogP contribution in [0.3, 0.4) is 0 Å². The lowest BCUT2D eigenvalue weighted by Crippen LogP contribution is -2.11. The molecule has 3 N–H and O–H groups in total. The van der Waals surface area contributed by atoms with Crippen LogP contribution in [0, 0.1) is 6.92 Å². The molecule has 6 heteroatoms. The van der Waals surface area contributed by atoms with Crippen LogP contribution in [-0.2, 0) is 0 Å². The average molecular weight is 249 g/mol. The number of rotatable bonds is 4. The molecule has 1 unspecified atom stereocenters. The van der Waals surface area contributed by atoms with Crippen LogP contribution in [-0.4, -0.2) is 21.5 Å². The van der Waals surface area contributed by atoms with Crippen molar-refractivity contribution in [3.63, 3.8) is 0 Å². The van der Waals surface area contributed by atoms with Crippen LogP contribution in [0.2, 0.25) is 0 Å². The number of anilines is 2. The van der Waals surface area contributed by atoms with Crippen molar-refractivity contribution in [2.45, 2.75) is 19.8 Å². The molecule has 0 radical (unpaired) electrons. The number of aryl methyl sites for hydroxylation is 1. The van der Waals surface area contributed by atoms with Crippen molar-refractivity contribution in [1.29, 1.82) is 0 Å². The first kappa shape index (κ1) is 11.8. The fraction of sp³-hybridized carbons (Fsp3) is 0.364. The standard InChI is InChI=1S/C11H15N5S/c1-7(11-13-3-4-17-11)6-14-10-5-9(12)15-8(2)16-10/h3-5,7H,6H2,1-2H3,(H3,12,14,15,16). The molecule has 2 rings (SSSR count). The topological polar surface area (TPSA) is 76.7 Å². The summed E-state index contributed by atoms with van der Waals surface area (Å²) in [5, 5.41) is 6.36. The number of thiazole rings is 1. The smallest absolute Gasteiger partial charge is 0.131 e. The minimum atomic E-state index is 0.353. The predicted octanol–water partition coefficient (Wildman–Crippen LogP) is 2.04. The Bertz CT molecular complexity index is 462. The average Bonchev–Trinajstić information content (AvgIpc) is 2.78. The fourth-order valence-corrected chi connectivity index (χ4v) is 2.20. The van der Waals surface area contributed by atoms with Gasteiger partial charge in [-0.15, -0.1) is 11.3 Å². The molecule has 0 fully saturated rings. The van der Waals surface area contributed by atoms with Crippen molar-refractivity contribution in [1.82, 2.24) is 15.0 Å². The van der Waals surface area contributed by atoms with Crippen molar-refractivity contribution in [3.05, 3.63) is 28.5 Å². The van der Waals surface area contributed by atoms with Crippen molar-refractivity contribution in [3.8, 4) is 0 Å². The van der Waals surface area contributed by atoms with Gasteiger partial charge in [0.2, 0.25) is 0 Å². The Morgan fingerprint density at radius 3 is 2.94 bits per heavy atom. The van der Waals surface area contributed by atoms with E-state index in [0.29, 0.717) is 17.6 Å². The molecule has 0 aliphatic carbocycles. The molecule has 5 nitrogen and oxygen atoms in total. The first-order chi connectivity index (χ1) is 8.15. The molecule has 0 saturated carbocycles. The molecule has 17 heavy (non-hydrogen) atoms. The molecule has 0 saturated heterocycles. The van der Waals surface area contributed by atoms with E-state index in [1.165, 1.54) is 0 Å². The Balaban J connectivity index is 1.98. The van der Waals surface area contributed by atoms with E-state index < -0.39 is 0 Å². The van der Waals surface area contributed by atoms with Gasteiger partial charge in [-0.05, 0) is 6.92 Å². The van der Waals surface area contributed by atoms with E-state index >= 15 is 0 Å². The zero-order valence-corrected chi connectivity index (χ0v) is 10.7. The highest BCUT2D eigenvalue weighted by atomic mass is 32.1. The molecule has 2 aromatic rings. The van der Waals surface area contributed by atoms with Gasteiger partial charge in [-0.2, -0.15) is 0 Å². The molecule has 0 aliphatic rings. The highest BCUT2D eigenvalue weighted by molar-refractivity contribution is 7.09. The number of hydrogen-bond acceptors (Lipinski definition) is 6. The predicted molar refractivity (Wildman–Crippen MR) is 70.2 cm³/mol. The normalized spacial score (nSPS) is 12.4. The van der Waals surface area contributed by atoms with Gasteiger partial charge in [-0.1, -0.05) is 6.92 Å². The van der Waals surface area contributed by atoms with Gasteiger partial charge in [-0.3, -0.25) is 0 Å². The molecule has 2 heterocycles. The van der Waals surface area contributed by atoms with Gasteiger partial charge in [-0.25, -0.2) is 15.0 Å². The Kier molecular flexibility index (Phi) is 3.53. The van der Waals surface area contributed by atoms with E-state index in [-0.39, 0.29) is 0 Å². The van der Waals surface area contributed by atoms with E-state index in [2.05, 4.69) is 27.2 Å². The van der Waals surface area contributed by atoms with E-state index in [1.54, 1.807) is 17.4 Å². The second-order valence-corrected chi connectivity index (χ2v) is 4.80. The van der Waals surface area contributed by atoms with E-state index in [9.17, 15) is 0 Å². The van der Waals surface area contributed by atoms with Crippen LogP contribution in [0.4, 0.5) is 11.6 Å². The highest BCUT2D eigenvalue weighted by Crippen LogP contribution is 2.18. The molecule has 2 aromatic heterocycles. The van der Waals surface area contributed by atoms with Gasteiger partial charge in [0, 0.05) is 30.1 Å². The molecule has 0 aromatic carbocycles. The molecular weight excluding hydrogens is 234 g/mol. The maximum Gasteiger partial charge on any atom is 0.131 e. The van der Waals surface area contributed by atoms with Crippen LogP contribution < -0.4 is 11.1 Å². The van der Waals surface area contributed by atoms with Crippen LogP contribution in [0.1, 0.15) is 23.7 Å². The van der Waals surface area contributed by atoms with Gasteiger partial charge < -0.3 is 11.1 Å². The molecule has 0 aliphatic heterocycles. The van der Waals surface area contributed by atoms with Gasteiger partial charge in [0.15, 0.2) is 0 Å². The maximum atomic E-state index is 5.66. The molecule has 90 valence electrons. The summed E-state index contributed by atoms with van der Waals surface area (Å²) in [6.45, 7) is 4.73. The first-order valence-corrected chi connectivity index (χ1v) is 6.27. The maximum absolute atomic E-state index is 5.66. The zero-order valence-electron chi connectivity index (χ0n) is 9.84. The quantitative estimate of drug-likeness (QED) is 0.867. The summed E-state index contributed by atoms with van der Waals surface area (Å²) >= 11 is 1.66. The van der Waals surface area contributed by atoms with Crippen molar-refractivity contribution < 1.29 is 0 Å². The van der Waals surface area contributed by atoms with Crippen LogP contribution in [0.15, 0.2) is 17.6 Å². The number of nitrogen functional groups attached to an aromatic ring is 1. The van der Waals surface area contributed by atoms with Crippen molar-refractivity contribution >= 4 is 23.0 Å². The highest BCUT2D eigenvalue weighted by Gasteiger charge is 2.08. The minimum absolute atomic E-state index is 0.353. The third kappa shape index (κ3) is 3.13. The first-order valence-electron chi connectivity index (χ1n) is 5.39. The Morgan fingerprint density at radius 2 is 2.29 bits per heavy atom. The summed E-state index contributed by atoms with van der Waals surface area (Å²) in [6.07, 6.45) is 1.82. The summed E-state index contributed by atoms with van der Waals surface area (Å²) < 4.78 is 0. The summed E-state index contributed by atoms with van der Waals surface area (Å²) in [7, 11) is 0. The lowest BCUT2D eigenvalue weighted by Gasteiger charge is -2.11. The van der Waals surface area contributed by atoms with Gasteiger partial charge in [0.25, 0.3) is 0 Å². The Morgan fingerprint density at radius 1 is 1.47 bits per heavy atom. The third-order valence-corrected chi connectivity index (χ3v) is 3.33. The number of nitrogens with one attached hydrogen (secondary N) is 1. The Labute approximate surface area is 104 Å². The van der Waals surface area contributed by atoms with Gasteiger partial charge in [0.05, 0.1) is 5.01 Å². The molecular formula is C11H15N5S. The zero-order chi connectivity index (χ0) is 12.3. The third-order valence-electron chi connectivity index (χ3n) is 2.32. The second-order valence-electron chi connectivity index (χ2n) is 3.88. The van der Waals surface area contributed by atoms with Crippen molar-refractivity contribution in [2.75, 3.05) is 17.6 Å². The Hall–Kier alpha value is -1.69. The SMILES string of the molecule is Cc1nc(N)cc(NCC(C)c2nccs2)n1. The van der Waals surface area contributed by atoms with Crippen LogP contribution in [0.25, 0.3) is 0 Å². The summed E-state index contributed by atoms with van der Waals surface area (Å²) in [5.74, 6) is 2.28. The minimum Gasteiger partial charge on any atom is -0.384 e. The fourth-order valence-electron chi connectivity index (χ4n) is 1.50. The van der Waals surface area contributed by atoms with Gasteiger partial charge >= 0.3 is 0 Å². The van der Waals surface area contributed by atoms with Gasteiger partial charge in [0.1, 0.15) is 17.5 Å². The van der Waals surface area contributed by atoms with E-state index in [1.807, 2.05) is 18.5 Å². The second kappa shape index (κ2) is 5.09. The van der Waals surface area contributed by atoms with Crippen LogP contribution in [0.5, 0.6) is 0 Å². The molecule has 0 amide bonds. The van der Waals surface area contributed by atoms with Crippen molar-refractivity contribution in [2.24, 2.45) is 0 Å². The number of aromatic nitrogens is 3. The summed E-state index contributed by atoms with van der Waals surface area (Å²) in [4.78, 5) is 12.6. The molecule has 0 bridgehead atoms. The summed E-state index contributed by atoms with van der Waals surface area (Å²) in [6, 6.07) is 1.74. The lowest BCUT2D eigenvalue weighted by atomic mass is 10.2. The summed E-state index contributed by atoms with van der Waals surface area (Å²) in [5.41, 5.74) is 5.66. The number of nitrogens with zero attached hydrogens (tertiary/aromatic N) is 3. The van der Waals surface area contributed by atoms with Crippen LogP contribution >= 0.6 is 11.3 Å². The van der Waals surface area contributed by atoms with E-state index in [4.69, 9.17) is 5.73 Å². The van der Waals surface area contributed by atoms with E-state index in [0.717, 1.165) is 17.4 Å². The largest absolute Gasteiger partial charge is 0.384 e. The number of hydrogen-bond donors (Lipinski definition) is 2. The molecule has 1 atom stereocenters. The molecule has 0 spiro atoms. The lowest BCUT2D eigenvalue weighted by molar-refractivity contribution is 0.790. The number of nitrogens with two attached hydrogens (primary N) is 1.